The van der Waals surface area contributed by atoms with E-state index < -0.39 is 12.1 Å². The number of hydrogen-bond acceptors (Lipinski definition) is 5. The zero-order chi connectivity index (χ0) is 20.1. The van der Waals surface area contributed by atoms with Gasteiger partial charge in [0.05, 0.1) is 11.6 Å². The maximum Gasteiger partial charge on any atom is 0.341 e. The highest BCUT2D eigenvalue weighted by Gasteiger charge is 2.14. The molecule has 0 aliphatic heterocycles. The number of fused-ring (bicyclic) bond motifs is 1. The normalized spacial score (nSPS) is 13.4. The maximum atomic E-state index is 10.7. The van der Waals surface area contributed by atoms with Gasteiger partial charge in [-0.15, -0.1) is 0 Å². The van der Waals surface area contributed by atoms with Gasteiger partial charge in [-0.05, 0) is 42.7 Å². The highest BCUT2D eigenvalue weighted by atomic mass is 16.5. The SMILES string of the molecule is C[C@H](Cc1c[nH]c2c(OCC(=O)O)cccc12)NC[C@H](O)c1ccc(O)cc1. The summed E-state index contributed by atoms with van der Waals surface area (Å²) in [4.78, 5) is 13.9. The summed E-state index contributed by atoms with van der Waals surface area (Å²) >= 11 is 0. The van der Waals surface area contributed by atoms with E-state index in [4.69, 9.17) is 9.84 Å². The van der Waals surface area contributed by atoms with Gasteiger partial charge in [-0.25, -0.2) is 4.79 Å². The summed E-state index contributed by atoms with van der Waals surface area (Å²) in [5.74, 6) is -0.341. The fourth-order valence-electron chi connectivity index (χ4n) is 3.14. The van der Waals surface area contributed by atoms with E-state index in [1.807, 2.05) is 25.3 Å². The summed E-state index contributed by atoms with van der Waals surface area (Å²) < 4.78 is 5.34. The zero-order valence-electron chi connectivity index (χ0n) is 15.6. The van der Waals surface area contributed by atoms with E-state index in [1.165, 1.54) is 0 Å². The predicted molar refractivity (Wildman–Crippen MR) is 106 cm³/mol. The van der Waals surface area contributed by atoms with Gasteiger partial charge in [-0.3, -0.25) is 0 Å². The molecule has 0 fully saturated rings. The lowest BCUT2D eigenvalue weighted by Crippen LogP contribution is -2.32. The number of H-pyrrole nitrogens is 1. The molecule has 148 valence electrons. The topological polar surface area (TPSA) is 115 Å². The van der Waals surface area contributed by atoms with Gasteiger partial charge in [0.25, 0.3) is 0 Å². The molecule has 7 heteroatoms. The molecule has 1 heterocycles. The van der Waals surface area contributed by atoms with E-state index >= 15 is 0 Å². The van der Waals surface area contributed by atoms with Gasteiger partial charge in [-0.1, -0.05) is 24.3 Å². The van der Waals surface area contributed by atoms with Crippen LogP contribution in [0.15, 0.2) is 48.7 Å². The molecule has 0 aliphatic carbocycles. The molecule has 0 amide bonds. The number of aliphatic hydroxyl groups is 1. The van der Waals surface area contributed by atoms with E-state index in [2.05, 4.69) is 10.3 Å². The number of rotatable bonds is 9. The molecule has 1 aromatic heterocycles. The summed E-state index contributed by atoms with van der Waals surface area (Å²) in [5, 5.41) is 32.7. The number of phenolic OH excluding ortho intramolecular Hbond substituents is 1. The summed E-state index contributed by atoms with van der Waals surface area (Å²) in [7, 11) is 0. The molecule has 28 heavy (non-hydrogen) atoms. The smallest absolute Gasteiger partial charge is 0.341 e. The molecule has 2 atom stereocenters. The van der Waals surface area contributed by atoms with E-state index in [1.54, 1.807) is 30.3 Å². The summed E-state index contributed by atoms with van der Waals surface area (Å²) in [6, 6.07) is 12.2. The number of carboxylic acid groups (broad SMARTS) is 1. The second-order valence-corrected chi connectivity index (χ2v) is 6.80. The van der Waals surface area contributed by atoms with Crippen molar-refractivity contribution in [3.05, 3.63) is 59.8 Å². The van der Waals surface area contributed by atoms with Crippen LogP contribution in [0.3, 0.4) is 0 Å². The number of para-hydroxylation sites is 1. The Morgan fingerprint density at radius 1 is 1.21 bits per heavy atom. The minimum absolute atomic E-state index is 0.106. The van der Waals surface area contributed by atoms with Crippen LogP contribution in [0.25, 0.3) is 10.9 Å². The van der Waals surface area contributed by atoms with Gasteiger partial charge in [0.2, 0.25) is 0 Å². The number of carbonyl (C=O) groups is 1. The van der Waals surface area contributed by atoms with Crippen LogP contribution in [0.4, 0.5) is 0 Å². The Bertz CT molecular complexity index is 936. The number of nitrogens with one attached hydrogen (secondary N) is 2. The number of phenols is 1. The highest BCUT2D eigenvalue weighted by Crippen LogP contribution is 2.28. The van der Waals surface area contributed by atoms with Gasteiger partial charge < -0.3 is 30.4 Å². The summed E-state index contributed by atoms with van der Waals surface area (Å²) in [6.45, 7) is 2.04. The van der Waals surface area contributed by atoms with Crippen molar-refractivity contribution in [2.45, 2.75) is 25.5 Å². The lowest BCUT2D eigenvalue weighted by molar-refractivity contribution is -0.139. The van der Waals surface area contributed by atoms with Crippen molar-refractivity contribution in [1.29, 1.82) is 0 Å². The Kier molecular flexibility index (Phi) is 6.18. The first-order valence-corrected chi connectivity index (χ1v) is 9.08. The van der Waals surface area contributed by atoms with Gasteiger partial charge in [0.1, 0.15) is 11.5 Å². The average molecular weight is 384 g/mol. The lowest BCUT2D eigenvalue weighted by atomic mass is 10.0. The number of aromatic hydroxyl groups is 1. The predicted octanol–water partition coefficient (Wildman–Crippen LogP) is 2.59. The molecule has 3 aromatic rings. The third-order valence-corrected chi connectivity index (χ3v) is 4.58. The van der Waals surface area contributed by atoms with Gasteiger partial charge in [-0.2, -0.15) is 0 Å². The molecule has 3 rings (SSSR count). The van der Waals surface area contributed by atoms with Crippen molar-refractivity contribution in [2.24, 2.45) is 0 Å². The number of hydrogen-bond donors (Lipinski definition) is 5. The van der Waals surface area contributed by atoms with E-state index in [0.29, 0.717) is 12.3 Å². The molecule has 0 aliphatic rings. The molecular weight excluding hydrogens is 360 g/mol. The number of ether oxygens (including phenoxy) is 1. The zero-order valence-corrected chi connectivity index (χ0v) is 15.6. The van der Waals surface area contributed by atoms with Crippen LogP contribution >= 0.6 is 0 Å². The Labute approximate surface area is 162 Å². The Hall–Kier alpha value is -3.03. The Morgan fingerprint density at radius 3 is 2.68 bits per heavy atom. The van der Waals surface area contributed by atoms with Gasteiger partial charge in [0.15, 0.2) is 6.61 Å². The average Bonchev–Trinajstić information content (AvgIpc) is 3.08. The maximum absolute atomic E-state index is 10.7. The molecule has 0 saturated carbocycles. The standard InChI is InChI=1S/C21H24N2O5/c1-13(22-11-18(25)14-5-7-16(24)8-6-14)9-15-10-23-21-17(15)3-2-4-19(21)28-12-20(26)27/h2-8,10,13,18,22-25H,9,11-12H2,1H3,(H,26,27)/t13-,18+/m1/s1. The van der Waals surface area contributed by atoms with Crippen LogP contribution in [-0.4, -0.2) is 45.5 Å². The van der Waals surface area contributed by atoms with Crippen molar-refractivity contribution in [2.75, 3.05) is 13.2 Å². The van der Waals surface area contributed by atoms with Gasteiger partial charge >= 0.3 is 5.97 Å². The van der Waals surface area contributed by atoms with Crippen molar-refractivity contribution < 1.29 is 24.9 Å². The van der Waals surface area contributed by atoms with E-state index in [0.717, 1.165) is 28.5 Å². The first-order valence-electron chi connectivity index (χ1n) is 9.08. The molecular formula is C21H24N2O5. The Balaban J connectivity index is 1.61. The molecule has 2 aromatic carbocycles. The van der Waals surface area contributed by atoms with Crippen LogP contribution < -0.4 is 10.1 Å². The fraction of sp³-hybridized carbons (Fsp3) is 0.286. The third kappa shape index (κ3) is 4.82. The van der Waals surface area contributed by atoms with Crippen molar-refractivity contribution >= 4 is 16.9 Å². The minimum Gasteiger partial charge on any atom is -0.508 e. The summed E-state index contributed by atoms with van der Waals surface area (Å²) in [6.07, 6.45) is 1.96. The largest absolute Gasteiger partial charge is 0.508 e. The molecule has 7 nitrogen and oxygen atoms in total. The van der Waals surface area contributed by atoms with Crippen LogP contribution in [0.5, 0.6) is 11.5 Å². The highest BCUT2D eigenvalue weighted by molar-refractivity contribution is 5.88. The van der Waals surface area contributed by atoms with Crippen LogP contribution in [0.1, 0.15) is 24.2 Å². The molecule has 0 radical (unpaired) electrons. The number of aliphatic hydroxyl groups excluding tert-OH is 1. The van der Waals surface area contributed by atoms with Gasteiger partial charge in [0, 0.05) is 24.2 Å². The monoisotopic (exact) mass is 384 g/mol. The molecule has 0 saturated heterocycles. The second-order valence-electron chi connectivity index (χ2n) is 6.80. The number of benzene rings is 2. The Morgan fingerprint density at radius 2 is 1.96 bits per heavy atom. The first-order chi connectivity index (χ1) is 13.4. The fourth-order valence-corrected chi connectivity index (χ4v) is 3.14. The molecule has 0 bridgehead atoms. The molecule has 0 unspecified atom stereocenters. The van der Waals surface area contributed by atoms with Crippen molar-refractivity contribution in [3.63, 3.8) is 0 Å². The van der Waals surface area contributed by atoms with Crippen molar-refractivity contribution in [3.8, 4) is 11.5 Å². The van der Waals surface area contributed by atoms with Crippen LogP contribution in [0.2, 0.25) is 0 Å². The summed E-state index contributed by atoms with van der Waals surface area (Å²) in [5.41, 5.74) is 2.59. The molecule has 0 spiro atoms. The molecule has 5 N–H and O–H groups in total. The minimum atomic E-state index is -1.02. The third-order valence-electron chi connectivity index (χ3n) is 4.58. The van der Waals surface area contributed by atoms with E-state index in [9.17, 15) is 15.0 Å². The van der Waals surface area contributed by atoms with Crippen LogP contribution in [0, 0.1) is 0 Å². The number of carboxylic acids is 1. The first kappa shape index (κ1) is 19.7. The van der Waals surface area contributed by atoms with Crippen LogP contribution in [-0.2, 0) is 11.2 Å². The lowest BCUT2D eigenvalue weighted by Gasteiger charge is -2.17. The second kappa shape index (κ2) is 8.77. The number of aromatic nitrogens is 1. The number of aliphatic carboxylic acids is 1. The van der Waals surface area contributed by atoms with E-state index in [-0.39, 0.29) is 18.4 Å². The quantitative estimate of drug-likeness (QED) is 0.387. The van der Waals surface area contributed by atoms with Crippen molar-refractivity contribution in [1.82, 2.24) is 10.3 Å². The number of aromatic amines is 1.